The summed E-state index contributed by atoms with van der Waals surface area (Å²) in [5.41, 5.74) is 1.19. The molecule has 0 N–H and O–H groups in total. The van der Waals surface area contributed by atoms with Crippen LogP contribution in [0, 0.1) is 20.2 Å². The molecule has 15 heavy (non-hydrogen) atoms. The van der Waals surface area contributed by atoms with Gasteiger partial charge >= 0.3 is 6.04 Å². The molecule has 0 saturated heterocycles. The van der Waals surface area contributed by atoms with E-state index in [1.165, 1.54) is 0 Å². The highest BCUT2D eigenvalue weighted by molar-refractivity contribution is 5.35. The molecular weight excluding hydrogens is 200 g/mol. The molecule has 0 amide bonds. The fourth-order valence-corrected chi connectivity index (χ4v) is 2.00. The van der Waals surface area contributed by atoms with Crippen molar-refractivity contribution in [1.29, 1.82) is 0 Å². The van der Waals surface area contributed by atoms with Crippen LogP contribution >= 0.6 is 0 Å². The van der Waals surface area contributed by atoms with Gasteiger partial charge in [-0.3, -0.25) is 20.2 Å². The van der Waals surface area contributed by atoms with Gasteiger partial charge < -0.3 is 0 Å². The van der Waals surface area contributed by atoms with E-state index in [1.807, 2.05) is 0 Å². The van der Waals surface area contributed by atoms with E-state index in [0.29, 0.717) is 11.1 Å². The topological polar surface area (TPSA) is 86.3 Å². The van der Waals surface area contributed by atoms with Gasteiger partial charge in [-0.2, -0.15) is 0 Å². The highest BCUT2D eigenvalue weighted by Gasteiger charge is 2.48. The normalized spacial score (nSPS) is 23.5. The summed E-state index contributed by atoms with van der Waals surface area (Å²) in [4.78, 5) is 20.3. The highest BCUT2D eigenvalue weighted by atomic mass is 16.6. The fourth-order valence-electron chi connectivity index (χ4n) is 2.00. The van der Waals surface area contributed by atoms with Gasteiger partial charge in [-0.25, -0.2) is 0 Å². The van der Waals surface area contributed by atoms with Crippen molar-refractivity contribution >= 4 is 0 Å². The first-order chi connectivity index (χ1) is 7.11. The lowest BCUT2D eigenvalue weighted by molar-refractivity contribution is -0.619. The average Bonchev–Trinajstić information content (AvgIpc) is 2.56. The maximum atomic E-state index is 10.8. The Kier molecular flexibility index (Phi) is 2.11. The lowest BCUT2D eigenvalue weighted by atomic mass is 10.1. The van der Waals surface area contributed by atoms with E-state index in [9.17, 15) is 20.2 Å². The van der Waals surface area contributed by atoms with Crippen LogP contribution in [0.25, 0.3) is 0 Å². The Morgan fingerprint density at radius 3 is 2.40 bits per heavy atom. The zero-order chi connectivity index (χ0) is 11.0. The van der Waals surface area contributed by atoms with E-state index < -0.39 is 21.9 Å². The monoisotopic (exact) mass is 208 g/mol. The van der Waals surface area contributed by atoms with Crippen molar-refractivity contribution in [3.05, 3.63) is 55.6 Å². The number of hydrogen-bond donors (Lipinski definition) is 0. The van der Waals surface area contributed by atoms with Gasteiger partial charge in [-0.05, 0) is 5.56 Å². The van der Waals surface area contributed by atoms with E-state index >= 15 is 0 Å². The molecule has 0 heterocycles. The van der Waals surface area contributed by atoms with Crippen LogP contribution in [0.1, 0.15) is 17.2 Å². The first kappa shape index (κ1) is 9.57. The Morgan fingerprint density at radius 2 is 1.80 bits per heavy atom. The molecule has 2 rings (SSSR count). The van der Waals surface area contributed by atoms with Crippen LogP contribution in [0.5, 0.6) is 0 Å². The van der Waals surface area contributed by atoms with Crippen LogP contribution in [0.15, 0.2) is 24.3 Å². The number of hydrogen-bond acceptors (Lipinski definition) is 4. The molecule has 0 bridgehead atoms. The number of nitrogens with zero attached hydrogens (tertiary/aromatic N) is 2. The zero-order valence-corrected chi connectivity index (χ0v) is 7.70. The Bertz CT molecular complexity index is 432. The van der Waals surface area contributed by atoms with Crippen molar-refractivity contribution in [2.45, 2.75) is 18.5 Å². The van der Waals surface area contributed by atoms with E-state index in [1.54, 1.807) is 24.3 Å². The summed E-state index contributed by atoms with van der Waals surface area (Å²) in [5, 5.41) is 21.5. The lowest BCUT2D eigenvalue weighted by Gasteiger charge is -2.05. The number of nitro groups is 2. The summed E-state index contributed by atoms with van der Waals surface area (Å²) in [6.07, 6.45) is 0.148. The summed E-state index contributed by atoms with van der Waals surface area (Å²) in [7, 11) is 0. The van der Waals surface area contributed by atoms with Crippen molar-refractivity contribution in [1.82, 2.24) is 0 Å². The van der Waals surface area contributed by atoms with Gasteiger partial charge in [0.05, 0.1) is 0 Å². The minimum Gasteiger partial charge on any atom is -0.264 e. The molecule has 0 saturated carbocycles. The van der Waals surface area contributed by atoms with Crippen molar-refractivity contribution in [2.75, 3.05) is 0 Å². The third-order valence-electron chi connectivity index (χ3n) is 2.67. The molecule has 1 aliphatic rings. The Balaban J connectivity index is 2.46. The molecule has 0 radical (unpaired) electrons. The average molecular weight is 208 g/mol. The number of benzene rings is 1. The van der Waals surface area contributed by atoms with Crippen molar-refractivity contribution in [2.24, 2.45) is 0 Å². The molecule has 6 heteroatoms. The van der Waals surface area contributed by atoms with E-state index in [-0.39, 0.29) is 6.42 Å². The largest absolute Gasteiger partial charge is 0.304 e. The molecular formula is C9H8N2O4. The molecule has 0 fully saturated rings. The Labute approximate surface area is 84.8 Å². The standard InChI is InChI=1S/C9H8N2O4/c12-10(13)8-5-6-3-1-2-4-7(6)9(8)11(14)15/h1-4,8-9H,5H2. The predicted octanol–water partition coefficient (Wildman–Crippen LogP) is 1.21. The molecule has 78 valence electrons. The van der Waals surface area contributed by atoms with Crippen LogP contribution in [0.3, 0.4) is 0 Å². The second-order valence-electron chi connectivity index (χ2n) is 3.49. The predicted molar refractivity (Wildman–Crippen MR) is 50.7 cm³/mol. The van der Waals surface area contributed by atoms with Crippen LogP contribution in [0.4, 0.5) is 0 Å². The maximum absolute atomic E-state index is 10.8. The van der Waals surface area contributed by atoms with Crippen molar-refractivity contribution in [3.8, 4) is 0 Å². The highest BCUT2D eigenvalue weighted by Crippen LogP contribution is 2.34. The van der Waals surface area contributed by atoms with Gasteiger partial charge in [-0.15, -0.1) is 0 Å². The van der Waals surface area contributed by atoms with Gasteiger partial charge in [0.25, 0.3) is 6.04 Å². The van der Waals surface area contributed by atoms with Gasteiger partial charge in [0, 0.05) is 21.8 Å². The van der Waals surface area contributed by atoms with Gasteiger partial charge in [0.15, 0.2) is 0 Å². The first-order valence-corrected chi connectivity index (χ1v) is 4.46. The van der Waals surface area contributed by atoms with Crippen LogP contribution in [-0.4, -0.2) is 15.9 Å². The van der Waals surface area contributed by atoms with Crippen LogP contribution in [0.2, 0.25) is 0 Å². The smallest absolute Gasteiger partial charge is 0.264 e. The van der Waals surface area contributed by atoms with Crippen molar-refractivity contribution < 1.29 is 9.85 Å². The van der Waals surface area contributed by atoms with Crippen LogP contribution in [-0.2, 0) is 6.42 Å². The Morgan fingerprint density at radius 1 is 1.13 bits per heavy atom. The van der Waals surface area contributed by atoms with E-state index in [0.717, 1.165) is 0 Å². The van der Waals surface area contributed by atoms with Crippen LogP contribution < -0.4 is 0 Å². The minimum absolute atomic E-state index is 0.148. The number of fused-ring (bicyclic) bond motifs is 1. The van der Waals surface area contributed by atoms with Gasteiger partial charge in [0.2, 0.25) is 0 Å². The third-order valence-corrected chi connectivity index (χ3v) is 2.67. The summed E-state index contributed by atoms with van der Waals surface area (Å²) in [5.74, 6) is 0. The van der Waals surface area contributed by atoms with E-state index in [4.69, 9.17) is 0 Å². The molecule has 2 unspecified atom stereocenters. The maximum Gasteiger partial charge on any atom is 0.304 e. The molecule has 1 aliphatic carbocycles. The summed E-state index contributed by atoms with van der Waals surface area (Å²) < 4.78 is 0. The first-order valence-electron chi connectivity index (χ1n) is 4.46. The second-order valence-corrected chi connectivity index (χ2v) is 3.49. The molecule has 0 aliphatic heterocycles. The number of rotatable bonds is 2. The quantitative estimate of drug-likeness (QED) is 0.539. The van der Waals surface area contributed by atoms with Crippen molar-refractivity contribution in [3.63, 3.8) is 0 Å². The fraction of sp³-hybridized carbons (Fsp3) is 0.333. The van der Waals surface area contributed by atoms with Gasteiger partial charge in [0.1, 0.15) is 0 Å². The summed E-state index contributed by atoms with van der Waals surface area (Å²) in [6, 6.07) is 4.37. The minimum atomic E-state index is -1.20. The molecule has 0 aromatic heterocycles. The summed E-state index contributed by atoms with van der Waals surface area (Å²) >= 11 is 0. The van der Waals surface area contributed by atoms with Gasteiger partial charge in [-0.1, -0.05) is 24.3 Å². The molecule has 0 spiro atoms. The lowest BCUT2D eigenvalue weighted by Crippen LogP contribution is -2.29. The molecule has 1 aromatic carbocycles. The SMILES string of the molecule is O=[N+]([O-])C1Cc2ccccc2C1[N+](=O)[O-]. The second kappa shape index (κ2) is 3.30. The molecule has 1 aromatic rings. The van der Waals surface area contributed by atoms with E-state index in [2.05, 4.69) is 0 Å². The third kappa shape index (κ3) is 1.43. The zero-order valence-electron chi connectivity index (χ0n) is 7.70. The summed E-state index contributed by atoms with van der Waals surface area (Å²) in [6.45, 7) is 0. The molecule has 2 atom stereocenters. The Hall–Kier alpha value is -1.98. The molecule has 6 nitrogen and oxygen atoms in total.